The summed E-state index contributed by atoms with van der Waals surface area (Å²) in [5.41, 5.74) is -1.16. The molecular weight excluding hydrogens is 640 g/mol. The first-order chi connectivity index (χ1) is 23.5. The van der Waals surface area contributed by atoms with Crippen LogP contribution in [0.2, 0.25) is 0 Å². The Balaban J connectivity index is 1.18. The third-order valence-electron chi connectivity index (χ3n) is 9.53. The van der Waals surface area contributed by atoms with Gasteiger partial charge in [0.05, 0.1) is 5.39 Å². The van der Waals surface area contributed by atoms with Crippen LogP contribution in [0.3, 0.4) is 0 Å². The molecule has 256 valence electrons. The maximum atomic E-state index is 13.2. The van der Waals surface area contributed by atoms with Crippen molar-refractivity contribution in [1.29, 1.82) is 0 Å². The van der Waals surface area contributed by atoms with Gasteiger partial charge >= 0.3 is 0 Å². The molecule has 0 radical (unpaired) electrons. The summed E-state index contributed by atoms with van der Waals surface area (Å²) in [4.78, 5) is 44.0. The number of anilines is 2. The summed E-state index contributed by atoms with van der Waals surface area (Å²) < 4.78 is 5.51. The van der Waals surface area contributed by atoms with E-state index in [2.05, 4.69) is 42.0 Å². The molecule has 1 aromatic carbocycles. The molecule has 3 unspecified atom stereocenters. The number of carbonyl (C=O) groups is 2. The van der Waals surface area contributed by atoms with E-state index in [4.69, 9.17) is 4.74 Å². The number of fused-ring (bicyclic) bond motifs is 1. The number of benzene rings is 1. The van der Waals surface area contributed by atoms with Crippen LogP contribution in [0, 0.1) is 0 Å². The highest BCUT2D eigenvalue weighted by Crippen LogP contribution is 2.45. The Hall–Kier alpha value is -4.51. The van der Waals surface area contributed by atoms with Gasteiger partial charge in [0.15, 0.2) is 21.4 Å². The zero-order valence-corrected chi connectivity index (χ0v) is 28.3. The average Bonchev–Trinajstić information content (AvgIpc) is 3.49. The van der Waals surface area contributed by atoms with Crippen LogP contribution in [-0.4, -0.2) is 130 Å². The number of amides is 2. The van der Waals surface area contributed by atoms with E-state index in [1.165, 1.54) is 35.9 Å². The summed E-state index contributed by atoms with van der Waals surface area (Å²) in [7, 11) is 5.44. The lowest BCUT2D eigenvalue weighted by atomic mass is 9.50. The first-order valence-corrected chi connectivity index (χ1v) is 16.3. The molecule has 3 aromatic heterocycles. The van der Waals surface area contributed by atoms with Crippen molar-refractivity contribution in [2.75, 3.05) is 23.3 Å². The minimum absolute atomic E-state index is 0.0489. The van der Waals surface area contributed by atoms with E-state index in [0.29, 0.717) is 35.5 Å². The predicted molar refractivity (Wildman–Crippen MR) is 196 cm³/mol. The Kier molecular flexibility index (Phi) is 9.18. The second-order valence-corrected chi connectivity index (χ2v) is 13.6. The number of nitrogens with one attached hydrogen (secondary N) is 3. The Morgan fingerprint density at radius 1 is 1.06 bits per heavy atom. The van der Waals surface area contributed by atoms with Crippen LogP contribution in [0.4, 0.5) is 11.5 Å². The predicted octanol–water partition coefficient (Wildman–Crippen LogP) is -3.51. The van der Waals surface area contributed by atoms with E-state index in [1.54, 1.807) is 42.6 Å². The quantitative estimate of drug-likeness (QED) is 0.0551. The number of likely N-dealkylation sites (tertiary alicyclic amines) is 1. The summed E-state index contributed by atoms with van der Waals surface area (Å²) in [6, 6.07) is 12.4. The highest BCUT2D eigenvalue weighted by Gasteiger charge is 2.66. The molecule has 50 heavy (non-hydrogen) atoms. The van der Waals surface area contributed by atoms with Crippen molar-refractivity contribution in [3.05, 3.63) is 78.9 Å². The van der Waals surface area contributed by atoms with Crippen LogP contribution in [0.15, 0.2) is 67.6 Å². The van der Waals surface area contributed by atoms with Gasteiger partial charge in [-0.15, -0.1) is 0 Å². The van der Waals surface area contributed by atoms with Crippen molar-refractivity contribution in [1.82, 2.24) is 30.2 Å². The van der Waals surface area contributed by atoms with Crippen molar-refractivity contribution in [3.8, 4) is 11.3 Å². The van der Waals surface area contributed by atoms with Gasteiger partial charge in [0.25, 0.3) is 11.8 Å². The summed E-state index contributed by atoms with van der Waals surface area (Å²) in [6.45, 7) is 5.73. The molecule has 2 aliphatic heterocycles. The molecule has 5 heterocycles. The lowest BCUT2D eigenvalue weighted by Gasteiger charge is -2.62. The Labute approximate surface area is 291 Å². The molecule has 2 amide bonds. The summed E-state index contributed by atoms with van der Waals surface area (Å²) in [5, 5.41) is 49.3. The zero-order chi connectivity index (χ0) is 36.1. The highest BCUT2D eigenvalue weighted by molar-refractivity contribution is 6.45. The fourth-order valence-electron chi connectivity index (χ4n) is 6.52. The Morgan fingerprint density at radius 3 is 2.52 bits per heavy atom. The van der Waals surface area contributed by atoms with Gasteiger partial charge in [-0.05, 0) is 66.9 Å². The molecule has 19 heteroatoms. The number of carbonyl (C=O) groups excluding carboxylic acids is 2. The fraction of sp³-hybridized carbons (Fsp3) is 0.323. The van der Waals surface area contributed by atoms with Crippen LogP contribution >= 0.6 is 0 Å². The van der Waals surface area contributed by atoms with Crippen molar-refractivity contribution in [2.24, 2.45) is 0 Å². The second-order valence-electron chi connectivity index (χ2n) is 13.6. The molecule has 0 spiro atoms. The van der Waals surface area contributed by atoms with E-state index >= 15 is 0 Å². The summed E-state index contributed by atoms with van der Waals surface area (Å²) in [6.07, 6.45) is 5.95. The van der Waals surface area contributed by atoms with Crippen molar-refractivity contribution < 1.29 is 34.8 Å². The van der Waals surface area contributed by atoms with Crippen LogP contribution in [0.25, 0.3) is 22.3 Å². The number of aromatic amines is 1. The van der Waals surface area contributed by atoms with Gasteiger partial charge in [-0.3, -0.25) is 24.4 Å². The summed E-state index contributed by atoms with van der Waals surface area (Å²) in [5.74, 6) is -3.69. The number of ether oxygens (including phenoxy) is 1. The molecule has 4 aromatic rings. The maximum absolute atomic E-state index is 13.2. The van der Waals surface area contributed by atoms with Crippen LogP contribution in [0.1, 0.15) is 28.9 Å². The molecule has 3 atom stereocenters. The number of aromatic nitrogens is 4. The van der Waals surface area contributed by atoms with E-state index in [1.807, 2.05) is 6.07 Å². The van der Waals surface area contributed by atoms with Crippen LogP contribution < -0.4 is 15.5 Å². The molecule has 2 aliphatic rings. The number of morpholine rings is 1. The van der Waals surface area contributed by atoms with Gasteiger partial charge in [-0.2, -0.15) is 0 Å². The molecule has 0 saturated carbocycles. The molecule has 0 bridgehead atoms. The zero-order valence-electron chi connectivity index (χ0n) is 28.3. The third-order valence-corrected chi connectivity index (χ3v) is 9.53. The monoisotopic (exact) mass is 678 g/mol. The first-order valence-electron chi connectivity index (χ1n) is 16.3. The average molecular weight is 678 g/mol. The van der Waals surface area contributed by atoms with E-state index in [9.17, 15) is 30.0 Å². The first kappa shape index (κ1) is 35.3. The minimum atomic E-state index is -3.08. The second kappa shape index (κ2) is 13.0. The molecule has 2 saturated heterocycles. The van der Waals surface area contributed by atoms with Gasteiger partial charge in [-0.1, -0.05) is 18.7 Å². The highest BCUT2D eigenvalue weighted by atomic mass is 16.7. The van der Waals surface area contributed by atoms with Gasteiger partial charge < -0.3 is 40.8 Å². The maximum Gasteiger partial charge on any atom is 0.296 e. The van der Waals surface area contributed by atoms with Crippen molar-refractivity contribution in [3.63, 3.8) is 0 Å². The minimum Gasteiger partial charge on any atom is -0.378 e. The van der Waals surface area contributed by atoms with Gasteiger partial charge in [0.1, 0.15) is 44.8 Å². The van der Waals surface area contributed by atoms with E-state index in [0.717, 1.165) is 43.3 Å². The Morgan fingerprint density at radius 2 is 1.80 bits per heavy atom. The molecular formula is C31H38B4N8O7. The largest absolute Gasteiger partial charge is 0.378 e. The van der Waals surface area contributed by atoms with Crippen LogP contribution in [-0.2, 0) is 16.1 Å². The SMILES string of the molecule is BC1(B)OC(B)(O)C(O)(O)N(c2ncnc3[nH]c(-c4ccc(NC(=O)c5cc(CN6CCCC(NC(=O)C=C)C6)ccn5)cc4)cc23)C1(B)O. The number of piperidine rings is 1. The van der Waals surface area contributed by atoms with Gasteiger partial charge in [0, 0.05) is 42.1 Å². The number of pyridine rings is 1. The lowest BCUT2D eigenvalue weighted by Crippen LogP contribution is -2.85. The smallest absolute Gasteiger partial charge is 0.296 e. The van der Waals surface area contributed by atoms with Crippen molar-refractivity contribution >= 4 is 65.7 Å². The normalized spacial score (nSPS) is 24.8. The number of hydrogen-bond donors (Lipinski definition) is 7. The summed E-state index contributed by atoms with van der Waals surface area (Å²) >= 11 is 0. The number of nitrogens with zero attached hydrogens (tertiary/aromatic N) is 5. The van der Waals surface area contributed by atoms with E-state index < -0.39 is 22.6 Å². The number of hydrogen-bond acceptors (Lipinski definition) is 12. The van der Waals surface area contributed by atoms with Gasteiger partial charge in [-0.25, -0.2) is 9.97 Å². The number of aliphatic hydroxyl groups is 4. The van der Waals surface area contributed by atoms with Gasteiger partial charge in [0.2, 0.25) is 5.91 Å². The topological polar surface area (TPSA) is 209 Å². The van der Waals surface area contributed by atoms with Crippen molar-refractivity contribution in [2.45, 2.75) is 48.0 Å². The molecule has 15 nitrogen and oxygen atoms in total. The Bertz CT molecular complexity index is 1910. The molecule has 0 aliphatic carbocycles. The lowest BCUT2D eigenvalue weighted by molar-refractivity contribution is -0.382. The number of rotatable bonds is 8. The fourth-order valence-corrected chi connectivity index (χ4v) is 6.52. The molecule has 2 fully saturated rings. The van der Waals surface area contributed by atoms with Crippen LogP contribution in [0.5, 0.6) is 0 Å². The third kappa shape index (κ3) is 6.55. The van der Waals surface area contributed by atoms with E-state index in [-0.39, 0.29) is 29.4 Å². The standard InChI is InChI=1S/C31H38B4N8O7/c1-2-24(44)39-20-4-3-11-42(15-20)14-17-9-10-36-23(12-17)27(45)40-19-7-5-18(6-8-19)22-13-21-25(41-22)37-16-38-26(21)43-29(34,46)28(32,33)50-30(35,47)31(43,48)49/h2,5-10,12-13,16,20,46-49H,1,3-4,11,14-15,32-35H2,(H,39,44)(H,40,45)(H,37,38,41). The number of H-pyrrole nitrogens is 1. The molecule has 6 rings (SSSR count). The molecule has 7 N–H and O–H groups in total.